The minimum absolute atomic E-state index is 0.0591. The molecule has 0 aliphatic carbocycles. The second kappa shape index (κ2) is 7.38. The van der Waals surface area contributed by atoms with E-state index >= 15 is 0 Å². The number of esters is 1. The van der Waals surface area contributed by atoms with E-state index in [4.69, 9.17) is 5.11 Å². The van der Waals surface area contributed by atoms with Crippen LogP contribution in [0.2, 0.25) is 0 Å². The van der Waals surface area contributed by atoms with Crippen molar-refractivity contribution in [3.63, 3.8) is 0 Å². The predicted octanol–water partition coefficient (Wildman–Crippen LogP) is -2.53. The zero-order chi connectivity index (χ0) is 16.9. The molecular formula is C12H18N3O7+. The molecule has 22 heavy (non-hydrogen) atoms. The molecule has 122 valence electrons. The number of nitrogens with one attached hydrogen (secondary N) is 2. The zero-order valence-corrected chi connectivity index (χ0v) is 12.2. The normalized spacial score (nSPS) is 18.6. The van der Waals surface area contributed by atoms with Crippen LogP contribution in [0.3, 0.4) is 0 Å². The van der Waals surface area contributed by atoms with Gasteiger partial charge in [-0.25, -0.2) is 4.79 Å². The number of rotatable bonds is 7. The van der Waals surface area contributed by atoms with Crippen molar-refractivity contribution in [3.05, 3.63) is 0 Å². The maximum Gasteiger partial charge on any atom is 0.520 e. The van der Waals surface area contributed by atoms with Crippen molar-refractivity contribution in [1.29, 1.82) is 0 Å². The Morgan fingerprint density at radius 2 is 2.05 bits per heavy atom. The molecule has 0 bridgehead atoms. The second-order valence-corrected chi connectivity index (χ2v) is 4.78. The van der Waals surface area contributed by atoms with Crippen LogP contribution in [-0.2, 0) is 23.9 Å². The summed E-state index contributed by atoms with van der Waals surface area (Å²) in [6, 6.07) is -1.83. The highest BCUT2D eigenvalue weighted by molar-refractivity contribution is 6.07. The topological polar surface area (TPSA) is 145 Å². The lowest BCUT2D eigenvalue weighted by molar-refractivity contribution is -0.143. The maximum atomic E-state index is 11.9. The maximum absolute atomic E-state index is 11.9. The van der Waals surface area contributed by atoms with Crippen LogP contribution in [0.4, 0.5) is 4.79 Å². The number of imide groups is 1. The molecule has 4 amide bonds. The van der Waals surface area contributed by atoms with Crippen molar-refractivity contribution in [3.8, 4) is 0 Å². The Kier molecular flexibility index (Phi) is 5.84. The van der Waals surface area contributed by atoms with Gasteiger partial charge in [-0.3, -0.25) is 19.3 Å². The van der Waals surface area contributed by atoms with Gasteiger partial charge in [0.05, 0.1) is 13.5 Å². The Bertz CT molecular complexity index is 505. The number of carbonyl (C=O) groups is 5. The van der Waals surface area contributed by atoms with Gasteiger partial charge in [0.15, 0.2) is 0 Å². The number of nitrogens with zero attached hydrogens (tertiary/aromatic N) is 1. The number of hydrogen-bond acceptors (Lipinski definition) is 6. The molecule has 1 rings (SSSR count). The van der Waals surface area contributed by atoms with Gasteiger partial charge in [-0.15, -0.1) is 0 Å². The number of amides is 4. The summed E-state index contributed by atoms with van der Waals surface area (Å²) in [5.74, 6) is -3.51. The largest absolute Gasteiger partial charge is 0.564 e. The molecule has 4 N–H and O–H groups in total. The third kappa shape index (κ3) is 4.43. The lowest BCUT2D eigenvalue weighted by Crippen LogP contribution is -2.42. The third-order valence-corrected chi connectivity index (χ3v) is 3.06. The first-order valence-electron chi connectivity index (χ1n) is 6.47. The van der Waals surface area contributed by atoms with E-state index in [0.717, 1.165) is 7.11 Å². The number of hydrogen-bond donors (Lipinski definition) is 2. The van der Waals surface area contributed by atoms with Crippen molar-refractivity contribution >= 4 is 29.8 Å². The zero-order valence-electron chi connectivity index (χ0n) is 12.2. The van der Waals surface area contributed by atoms with Crippen LogP contribution in [0.1, 0.15) is 13.3 Å². The Morgan fingerprint density at radius 3 is 2.59 bits per heavy atom. The van der Waals surface area contributed by atoms with E-state index in [9.17, 15) is 24.0 Å². The monoisotopic (exact) mass is 316 g/mol. The summed E-state index contributed by atoms with van der Waals surface area (Å²) in [6.45, 7) is 0.882. The number of urea groups is 1. The van der Waals surface area contributed by atoms with E-state index in [1.54, 1.807) is 0 Å². The Morgan fingerprint density at radius 1 is 1.41 bits per heavy atom. The SMILES string of the molecule is COC(=O)CC1NC(=O)N(CC(=O)NCC(C)C(=O)[OH2+])C1=O. The first-order chi connectivity index (χ1) is 10.3. The summed E-state index contributed by atoms with van der Waals surface area (Å²) in [5.41, 5.74) is 0. The number of ether oxygens (including phenoxy) is 1. The highest BCUT2D eigenvalue weighted by atomic mass is 16.5. The fourth-order valence-electron chi connectivity index (χ4n) is 1.67. The van der Waals surface area contributed by atoms with Crippen LogP contribution in [0, 0.1) is 5.92 Å². The fourth-order valence-corrected chi connectivity index (χ4v) is 1.67. The molecule has 1 saturated heterocycles. The Balaban J connectivity index is 2.53. The van der Waals surface area contributed by atoms with Gasteiger partial charge in [-0.1, -0.05) is 0 Å². The molecule has 1 aliphatic rings. The van der Waals surface area contributed by atoms with Crippen molar-refractivity contribution in [1.82, 2.24) is 15.5 Å². The summed E-state index contributed by atoms with van der Waals surface area (Å²) in [6.07, 6.45) is -0.316. The van der Waals surface area contributed by atoms with Gasteiger partial charge in [-0.05, 0) is 6.92 Å². The van der Waals surface area contributed by atoms with Crippen LogP contribution in [0.25, 0.3) is 0 Å². The van der Waals surface area contributed by atoms with Gasteiger partial charge >= 0.3 is 18.0 Å². The minimum Gasteiger partial charge on any atom is -0.564 e. The number of methoxy groups -OCH3 is 1. The summed E-state index contributed by atoms with van der Waals surface area (Å²) in [5, 5.41) is 11.5. The third-order valence-electron chi connectivity index (χ3n) is 3.06. The summed E-state index contributed by atoms with van der Waals surface area (Å²) in [7, 11) is 1.16. The van der Waals surface area contributed by atoms with Crippen LogP contribution in [0.15, 0.2) is 0 Å². The van der Waals surface area contributed by atoms with Gasteiger partial charge in [0.1, 0.15) is 18.5 Å². The van der Waals surface area contributed by atoms with E-state index in [0.29, 0.717) is 4.90 Å². The van der Waals surface area contributed by atoms with Gasteiger partial charge in [-0.2, -0.15) is 0 Å². The minimum atomic E-state index is -1.05. The first kappa shape index (κ1) is 17.4. The van der Waals surface area contributed by atoms with Gasteiger partial charge < -0.3 is 20.5 Å². The molecular weight excluding hydrogens is 298 g/mol. The van der Waals surface area contributed by atoms with Crippen molar-refractivity contribution in [2.75, 3.05) is 20.2 Å². The molecule has 0 spiro atoms. The van der Waals surface area contributed by atoms with Crippen LogP contribution >= 0.6 is 0 Å². The number of carbonyl (C=O) groups excluding carboxylic acids is 5. The highest BCUT2D eigenvalue weighted by Gasteiger charge is 2.40. The average Bonchev–Trinajstić information content (AvgIpc) is 2.71. The summed E-state index contributed by atoms with van der Waals surface area (Å²) >= 11 is 0. The van der Waals surface area contributed by atoms with E-state index in [2.05, 4.69) is 15.4 Å². The molecule has 10 nitrogen and oxygen atoms in total. The lowest BCUT2D eigenvalue weighted by atomic mass is 10.2. The van der Waals surface area contributed by atoms with E-state index in [1.807, 2.05) is 0 Å². The molecule has 0 aromatic heterocycles. The quantitative estimate of drug-likeness (QED) is 0.301. The summed E-state index contributed by atoms with van der Waals surface area (Å²) < 4.78 is 4.41. The van der Waals surface area contributed by atoms with Crippen LogP contribution in [-0.4, -0.2) is 66.0 Å². The summed E-state index contributed by atoms with van der Waals surface area (Å²) in [4.78, 5) is 57.7. The highest BCUT2D eigenvalue weighted by Crippen LogP contribution is 2.09. The van der Waals surface area contributed by atoms with E-state index in [-0.39, 0.29) is 13.0 Å². The molecule has 1 aliphatic heterocycles. The molecule has 2 atom stereocenters. The van der Waals surface area contributed by atoms with Gasteiger partial charge in [0.25, 0.3) is 5.91 Å². The molecule has 2 unspecified atom stereocenters. The van der Waals surface area contributed by atoms with Gasteiger partial charge in [0.2, 0.25) is 5.91 Å². The molecule has 0 radical (unpaired) electrons. The van der Waals surface area contributed by atoms with Crippen LogP contribution < -0.4 is 10.6 Å². The first-order valence-corrected chi connectivity index (χ1v) is 6.47. The molecule has 0 aromatic rings. The molecule has 1 heterocycles. The van der Waals surface area contributed by atoms with Crippen molar-refractivity contribution < 1.29 is 33.8 Å². The van der Waals surface area contributed by atoms with Gasteiger partial charge in [0, 0.05) is 11.3 Å². The van der Waals surface area contributed by atoms with Crippen LogP contribution in [0.5, 0.6) is 0 Å². The standard InChI is InChI=1S/C12H17N3O7/c1-6(11(19)20)4-13-8(16)5-15-10(18)7(14-12(15)21)3-9(17)22-2/h6-7H,3-5H2,1-2H3,(H,13,16)(H,14,21)(H,19,20)/p+1. The average molecular weight is 316 g/mol. The lowest BCUT2D eigenvalue weighted by Gasteiger charge is -2.13. The van der Waals surface area contributed by atoms with E-state index in [1.165, 1.54) is 6.92 Å². The molecule has 0 aromatic carbocycles. The van der Waals surface area contributed by atoms with Crippen molar-refractivity contribution in [2.45, 2.75) is 19.4 Å². The molecule has 10 heteroatoms. The van der Waals surface area contributed by atoms with Crippen molar-refractivity contribution in [2.24, 2.45) is 5.92 Å². The Labute approximate surface area is 125 Å². The fraction of sp³-hybridized carbons (Fsp3) is 0.583. The van der Waals surface area contributed by atoms with E-state index < -0.39 is 48.3 Å². The molecule has 1 fully saturated rings. The predicted molar refractivity (Wildman–Crippen MR) is 71.5 cm³/mol. The molecule has 0 saturated carbocycles. The second-order valence-electron chi connectivity index (χ2n) is 4.78. The smallest absolute Gasteiger partial charge is 0.520 e. The Hall–Kier alpha value is -2.65.